The van der Waals surface area contributed by atoms with Crippen molar-refractivity contribution < 1.29 is 5.11 Å². The summed E-state index contributed by atoms with van der Waals surface area (Å²) in [6.07, 6.45) is 6.71. The Hall–Kier alpha value is -7.60. The second-order valence-corrected chi connectivity index (χ2v) is 15.1. The highest BCUT2D eigenvalue weighted by Gasteiger charge is 2.52. The minimum Gasteiger partial charge on any atom is -0.507 e. The van der Waals surface area contributed by atoms with E-state index >= 15 is 0 Å². The molecule has 0 amide bonds. The first-order valence-corrected chi connectivity index (χ1v) is 19.9. The lowest BCUT2D eigenvalue weighted by atomic mass is 9.70. The van der Waals surface area contributed by atoms with E-state index < -0.39 is 5.41 Å². The van der Waals surface area contributed by atoms with Crippen LogP contribution in [0.5, 0.6) is 5.75 Å². The molecule has 2 heteroatoms. The Morgan fingerprint density at radius 3 is 1.72 bits per heavy atom. The van der Waals surface area contributed by atoms with Gasteiger partial charge in [-0.1, -0.05) is 182 Å². The second kappa shape index (κ2) is 13.6. The fraction of sp³-hybridized carbons (Fsp3) is 0.0357. The van der Waals surface area contributed by atoms with E-state index in [2.05, 4.69) is 187 Å². The largest absolute Gasteiger partial charge is 0.507 e. The van der Waals surface area contributed by atoms with Gasteiger partial charge in [0.25, 0.3) is 0 Å². The molecular formula is C56H37NO. The van der Waals surface area contributed by atoms with Crippen molar-refractivity contribution in [2.75, 3.05) is 4.90 Å². The van der Waals surface area contributed by atoms with E-state index in [1.54, 1.807) is 0 Å². The molecule has 3 aliphatic carbocycles. The van der Waals surface area contributed by atoms with Crippen LogP contribution in [-0.2, 0) is 5.41 Å². The van der Waals surface area contributed by atoms with Crippen LogP contribution in [0.25, 0.3) is 50.1 Å². The highest BCUT2D eigenvalue weighted by Crippen LogP contribution is 2.64. The number of hydrogen-bond acceptors (Lipinski definition) is 2. The third kappa shape index (κ3) is 5.01. The predicted octanol–water partition coefficient (Wildman–Crippen LogP) is 13.9. The molecule has 0 aliphatic heterocycles. The number of nitrogens with zero attached hydrogens (tertiary/aromatic N) is 1. The van der Waals surface area contributed by atoms with E-state index in [0.29, 0.717) is 6.42 Å². The first-order valence-electron chi connectivity index (χ1n) is 19.9. The Labute approximate surface area is 339 Å². The lowest BCUT2D eigenvalue weighted by Gasteiger charge is -2.32. The van der Waals surface area contributed by atoms with Gasteiger partial charge in [-0.25, -0.2) is 0 Å². The SMILES string of the molecule is Oc1c(C2=CC=CCC#C2)cccc1-c1ccc(N(c2ccccc2-c2ccccc2)c2cccc3c2-c2ccccc2C32c3ccccc3-c3ccccc32)cc1. The fourth-order valence-corrected chi connectivity index (χ4v) is 9.67. The van der Waals surface area contributed by atoms with Gasteiger partial charge in [-0.2, -0.15) is 0 Å². The number of benzene rings is 8. The van der Waals surface area contributed by atoms with Crippen molar-refractivity contribution in [3.05, 3.63) is 234 Å². The zero-order chi connectivity index (χ0) is 38.6. The molecule has 11 rings (SSSR count). The van der Waals surface area contributed by atoms with Gasteiger partial charge in [0.1, 0.15) is 5.75 Å². The number of allylic oxidation sites excluding steroid dienone is 4. The highest BCUT2D eigenvalue weighted by molar-refractivity contribution is 6.02. The van der Waals surface area contributed by atoms with Crippen molar-refractivity contribution in [2.45, 2.75) is 11.8 Å². The molecule has 0 unspecified atom stereocenters. The van der Waals surface area contributed by atoms with E-state index in [1.165, 1.54) is 44.5 Å². The van der Waals surface area contributed by atoms with Gasteiger partial charge in [-0.15, -0.1) is 0 Å². The van der Waals surface area contributed by atoms with Gasteiger partial charge in [0.05, 0.1) is 16.8 Å². The molecule has 0 fully saturated rings. The average Bonchev–Trinajstić information content (AvgIpc) is 3.58. The molecule has 0 radical (unpaired) electrons. The maximum Gasteiger partial charge on any atom is 0.131 e. The zero-order valence-corrected chi connectivity index (χ0v) is 31.7. The van der Waals surface area contributed by atoms with Crippen LogP contribution in [0.3, 0.4) is 0 Å². The molecule has 58 heavy (non-hydrogen) atoms. The van der Waals surface area contributed by atoms with E-state index in [1.807, 2.05) is 36.4 Å². The van der Waals surface area contributed by atoms with Gasteiger partial charge in [-0.05, 0) is 86.5 Å². The van der Waals surface area contributed by atoms with E-state index in [4.69, 9.17) is 0 Å². The normalized spacial score (nSPS) is 13.7. The Morgan fingerprint density at radius 1 is 0.448 bits per heavy atom. The van der Waals surface area contributed by atoms with Crippen molar-refractivity contribution >= 4 is 22.6 Å². The van der Waals surface area contributed by atoms with Crippen molar-refractivity contribution in [2.24, 2.45) is 0 Å². The van der Waals surface area contributed by atoms with Crippen LogP contribution in [0.4, 0.5) is 17.1 Å². The molecule has 0 aromatic heterocycles. The van der Waals surface area contributed by atoms with Gasteiger partial charge in [0, 0.05) is 39.9 Å². The van der Waals surface area contributed by atoms with Crippen molar-refractivity contribution in [3.63, 3.8) is 0 Å². The van der Waals surface area contributed by atoms with E-state index in [0.717, 1.165) is 50.5 Å². The Balaban J connectivity index is 1.14. The molecule has 1 spiro atoms. The fourth-order valence-electron chi connectivity index (χ4n) is 9.67. The number of phenols is 1. The molecule has 0 atom stereocenters. The van der Waals surface area contributed by atoms with Crippen LogP contribution in [0.2, 0.25) is 0 Å². The summed E-state index contributed by atoms with van der Waals surface area (Å²) in [7, 11) is 0. The lowest BCUT2D eigenvalue weighted by molar-refractivity contribution is 0.476. The molecule has 8 aromatic carbocycles. The van der Waals surface area contributed by atoms with Crippen molar-refractivity contribution in [1.29, 1.82) is 0 Å². The minimum atomic E-state index is -0.459. The molecule has 2 nitrogen and oxygen atoms in total. The first kappa shape index (κ1) is 33.7. The van der Waals surface area contributed by atoms with Crippen LogP contribution in [0.1, 0.15) is 34.2 Å². The van der Waals surface area contributed by atoms with Gasteiger partial charge in [0.15, 0.2) is 0 Å². The van der Waals surface area contributed by atoms with Gasteiger partial charge < -0.3 is 10.0 Å². The van der Waals surface area contributed by atoms with Gasteiger partial charge in [0.2, 0.25) is 0 Å². The molecule has 0 saturated heterocycles. The molecule has 272 valence electrons. The van der Waals surface area contributed by atoms with Crippen molar-refractivity contribution in [3.8, 4) is 62.1 Å². The summed E-state index contributed by atoms with van der Waals surface area (Å²) in [5.41, 5.74) is 18.6. The molecule has 0 bridgehead atoms. The van der Waals surface area contributed by atoms with Crippen molar-refractivity contribution in [1.82, 2.24) is 0 Å². The number of hydrogen-bond donors (Lipinski definition) is 1. The molecule has 3 aliphatic rings. The van der Waals surface area contributed by atoms with Crippen LogP contribution in [0, 0.1) is 11.8 Å². The number of phenolic OH excluding ortho intramolecular Hbond substituents is 1. The maximum atomic E-state index is 11.7. The lowest BCUT2D eigenvalue weighted by Crippen LogP contribution is -2.26. The van der Waals surface area contributed by atoms with Crippen LogP contribution >= 0.6 is 0 Å². The summed E-state index contributed by atoms with van der Waals surface area (Å²) in [6.45, 7) is 0. The Bertz CT molecular complexity index is 3000. The number of fused-ring (bicyclic) bond motifs is 10. The standard InChI is InChI=1S/C56H37NO/c58-55-43(39-20-4-1-2-5-21-39)26-16-27-44(55)40-34-36-41(37-35-40)57(52-32-15-11-22-42(52)38-18-6-3-7-19-38)53-33-17-31-51-54(53)47-25-10-14-30-50(47)56(51)48-28-12-8-23-45(48)46-24-9-13-29-49(46)56/h1,3-4,6-20,22-37,58H,2H2. The number of rotatable bonds is 6. The second-order valence-electron chi connectivity index (χ2n) is 15.1. The Kier molecular flexibility index (Phi) is 7.88. The first-order chi connectivity index (χ1) is 28.7. The number of para-hydroxylation sites is 2. The third-order valence-electron chi connectivity index (χ3n) is 12.1. The van der Waals surface area contributed by atoms with Gasteiger partial charge >= 0.3 is 0 Å². The molecule has 8 aromatic rings. The smallest absolute Gasteiger partial charge is 0.131 e. The molecule has 0 heterocycles. The third-order valence-corrected chi connectivity index (χ3v) is 12.1. The quantitative estimate of drug-likeness (QED) is 0.172. The predicted molar refractivity (Wildman–Crippen MR) is 239 cm³/mol. The Morgan fingerprint density at radius 2 is 0.983 bits per heavy atom. The molecule has 0 saturated carbocycles. The van der Waals surface area contributed by atoms with Gasteiger partial charge in [-0.3, -0.25) is 0 Å². The summed E-state index contributed by atoms with van der Waals surface area (Å²) in [5, 5.41) is 11.7. The van der Waals surface area contributed by atoms with E-state index in [9.17, 15) is 5.11 Å². The highest BCUT2D eigenvalue weighted by atomic mass is 16.3. The monoisotopic (exact) mass is 739 g/mol. The molecule has 1 N–H and O–H groups in total. The molecular weight excluding hydrogens is 703 g/mol. The summed E-state index contributed by atoms with van der Waals surface area (Å²) in [6, 6.07) is 67.7. The van der Waals surface area contributed by atoms with Crippen LogP contribution in [0.15, 0.2) is 206 Å². The summed E-state index contributed by atoms with van der Waals surface area (Å²) < 4.78 is 0. The number of anilines is 3. The van der Waals surface area contributed by atoms with Crippen LogP contribution in [-0.4, -0.2) is 5.11 Å². The average molecular weight is 740 g/mol. The minimum absolute atomic E-state index is 0.234. The summed E-state index contributed by atoms with van der Waals surface area (Å²) in [4.78, 5) is 2.43. The maximum absolute atomic E-state index is 11.7. The van der Waals surface area contributed by atoms with E-state index in [-0.39, 0.29) is 5.75 Å². The topological polar surface area (TPSA) is 23.5 Å². The van der Waals surface area contributed by atoms with Crippen LogP contribution < -0.4 is 4.90 Å². The zero-order valence-electron chi connectivity index (χ0n) is 31.7. The summed E-state index contributed by atoms with van der Waals surface area (Å²) >= 11 is 0. The summed E-state index contributed by atoms with van der Waals surface area (Å²) in [5.74, 6) is 6.65. The number of aromatic hydroxyl groups is 1.